The minimum absolute atomic E-state index is 0.0545. The first-order valence-corrected chi connectivity index (χ1v) is 7.84. The van der Waals surface area contributed by atoms with Crippen molar-refractivity contribution in [3.8, 4) is 0 Å². The number of hydrogen-bond acceptors (Lipinski definition) is 2. The Morgan fingerprint density at radius 3 is 2.55 bits per heavy atom. The van der Waals surface area contributed by atoms with Gasteiger partial charge in [0.2, 0.25) is 11.8 Å². The zero-order valence-electron chi connectivity index (χ0n) is 12.9. The molecule has 4 nitrogen and oxygen atoms in total. The maximum absolute atomic E-state index is 12.3. The van der Waals surface area contributed by atoms with E-state index in [2.05, 4.69) is 24.0 Å². The van der Waals surface area contributed by atoms with Gasteiger partial charge in [0.1, 0.15) is 0 Å². The molecule has 0 spiro atoms. The molecule has 2 aliphatic carbocycles. The van der Waals surface area contributed by atoms with E-state index in [-0.39, 0.29) is 29.8 Å². The first-order valence-electron chi connectivity index (χ1n) is 7.84. The second kappa shape index (κ2) is 5.95. The van der Waals surface area contributed by atoms with E-state index in [4.69, 9.17) is 0 Å². The van der Waals surface area contributed by atoms with Crippen molar-refractivity contribution in [2.24, 2.45) is 5.92 Å². The smallest absolute Gasteiger partial charge is 0.245 e. The quantitative estimate of drug-likeness (QED) is 0.846. The summed E-state index contributed by atoms with van der Waals surface area (Å²) < 4.78 is 0. The van der Waals surface area contributed by atoms with Crippen LogP contribution in [0.3, 0.4) is 0 Å². The lowest BCUT2D eigenvalue weighted by atomic mass is 9.85. The molecule has 2 saturated carbocycles. The standard InChI is InChI=1S/C18H22N2O2/c1-3-17(21)20(2)14-9-13(10-14)19-18(22)16-11-15(16)12-7-5-4-6-8-12/h3-8,13-16H,1,9-11H2,2H3,(H,19,22)/t13?,14?,15-,16+/m1/s1. The lowest BCUT2D eigenvalue weighted by Gasteiger charge is -2.41. The van der Waals surface area contributed by atoms with E-state index in [1.807, 2.05) is 18.2 Å². The molecule has 2 fully saturated rings. The largest absolute Gasteiger partial charge is 0.353 e. The second-order valence-corrected chi connectivity index (χ2v) is 6.34. The fourth-order valence-corrected chi connectivity index (χ4v) is 3.21. The Labute approximate surface area is 131 Å². The topological polar surface area (TPSA) is 49.4 Å². The molecule has 0 saturated heterocycles. The molecule has 4 heteroatoms. The fraction of sp³-hybridized carbons (Fsp3) is 0.444. The van der Waals surface area contributed by atoms with Crippen molar-refractivity contribution < 1.29 is 9.59 Å². The molecule has 0 unspecified atom stereocenters. The molecule has 116 valence electrons. The van der Waals surface area contributed by atoms with Gasteiger partial charge in [-0.25, -0.2) is 0 Å². The van der Waals surface area contributed by atoms with Gasteiger partial charge in [0.15, 0.2) is 0 Å². The molecule has 0 radical (unpaired) electrons. The molecule has 1 aromatic carbocycles. The maximum atomic E-state index is 12.3. The monoisotopic (exact) mass is 298 g/mol. The molecule has 3 rings (SSSR count). The van der Waals surface area contributed by atoms with Crippen LogP contribution < -0.4 is 5.32 Å². The number of nitrogens with one attached hydrogen (secondary N) is 1. The van der Waals surface area contributed by atoms with Crippen LogP contribution in [0.15, 0.2) is 43.0 Å². The average molecular weight is 298 g/mol. The first-order chi connectivity index (χ1) is 10.6. The highest BCUT2D eigenvalue weighted by molar-refractivity contribution is 5.87. The van der Waals surface area contributed by atoms with Gasteiger partial charge in [-0.05, 0) is 36.8 Å². The van der Waals surface area contributed by atoms with Gasteiger partial charge in [0, 0.05) is 25.0 Å². The summed E-state index contributed by atoms with van der Waals surface area (Å²) in [6.45, 7) is 3.50. The molecule has 0 aliphatic heterocycles. The zero-order chi connectivity index (χ0) is 15.7. The lowest BCUT2D eigenvalue weighted by molar-refractivity contribution is -0.129. The first kappa shape index (κ1) is 14.8. The molecule has 0 bridgehead atoms. The van der Waals surface area contributed by atoms with Crippen LogP contribution in [-0.2, 0) is 9.59 Å². The van der Waals surface area contributed by atoms with Gasteiger partial charge < -0.3 is 10.2 Å². The van der Waals surface area contributed by atoms with Crippen LogP contribution in [0.2, 0.25) is 0 Å². The fourth-order valence-electron chi connectivity index (χ4n) is 3.21. The van der Waals surface area contributed by atoms with Crippen LogP contribution in [0.4, 0.5) is 0 Å². The van der Waals surface area contributed by atoms with E-state index < -0.39 is 0 Å². The van der Waals surface area contributed by atoms with E-state index in [0.717, 1.165) is 19.3 Å². The Morgan fingerprint density at radius 2 is 1.91 bits per heavy atom. The number of rotatable bonds is 5. The SMILES string of the molecule is C=CC(=O)N(C)C1CC(NC(=O)[C@H]2C[C@@H]2c2ccccc2)C1. The van der Waals surface area contributed by atoms with Gasteiger partial charge in [-0.3, -0.25) is 9.59 Å². The molecule has 1 N–H and O–H groups in total. The van der Waals surface area contributed by atoms with Crippen molar-refractivity contribution in [2.45, 2.75) is 37.3 Å². The summed E-state index contributed by atoms with van der Waals surface area (Å²) >= 11 is 0. The summed E-state index contributed by atoms with van der Waals surface area (Å²) in [7, 11) is 1.79. The van der Waals surface area contributed by atoms with Gasteiger partial charge in [-0.2, -0.15) is 0 Å². The number of carbonyl (C=O) groups excluding carboxylic acids is 2. The summed E-state index contributed by atoms with van der Waals surface area (Å²) in [4.78, 5) is 25.5. The van der Waals surface area contributed by atoms with E-state index in [9.17, 15) is 9.59 Å². The molecule has 2 aliphatic rings. The highest BCUT2D eigenvalue weighted by atomic mass is 16.2. The third kappa shape index (κ3) is 2.91. The maximum Gasteiger partial charge on any atom is 0.245 e. The number of amides is 2. The van der Waals surface area contributed by atoms with Crippen LogP contribution in [0.5, 0.6) is 0 Å². The zero-order valence-corrected chi connectivity index (χ0v) is 12.9. The molecule has 22 heavy (non-hydrogen) atoms. The van der Waals surface area contributed by atoms with Crippen molar-refractivity contribution in [3.63, 3.8) is 0 Å². The van der Waals surface area contributed by atoms with Gasteiger partial charge in [0.25, 0.3) is 0 Å². The van der Waals surface area contributed by atoms with E-state index in [1.54, 1.807) is 11.9 Å². The minimum atomic E-state index is -0.0545. The van der Waals surface area contributed by atoms with Crippen LogP contribution in [-0.4, -0.2) is 35.8 Å². The van der Waals surface area contributed by atoms with Gasteiger partial charge >= 0.3 is 0 Å². The van der Waals surface area contributed by atoms with Crippen molar-refractivity contribution in [1.29, 1.82) is 0 Å². The van der Waals surface area contributed by atoms with E-state index in [0.29, 0.717) is 5.92 Å². The summed E-state index contributed by atoms with van der Waals surface area (Å²) in [5, 5.41) is 3.12. The molecular weight excluding hydrogens is 276 g/mol. The summed E-state index contributed by atoms with van der Waals surface area (Å²) in [5.74, 6) is 0.604. The third-order valence-electron chi connectivity index (χ3n) is 4.88. The predicted molar refractivity (Wildman–Crippen MR) is 85.2 cm³/mol. The minimum Gasteiger partial charge on any atom is -0.353 e. The average Bonchev–Trinajstić information content (AvgIpc) is 3.30. The van der Waals surface area contributed by atoms with E-state index in [1.165, 1.54) is 11.6 Å². The normalized spacial score (nSPS) is 29.1. The van der Waals surface area contributed by atoms with Crippen LogP contribution in [0, 0.1) is 5.92 Å². The highest BCUT2D eigenvalue weighted by Crippen LogP contribution is 2.47. The Balaban J connectivity index is 1.44. The van der Waals surface area contributed by atoms with Crippen molar-refractivity contribution >= 4 is 11.8 Å². The lowest BCUT2D eigenvalue weighted by Crippen LogP contribution is -2.54. The summed E-state index contributed by atoms with van der Waals surface area (Å²) in [6.07, 6.45) is 3.95. The second-order valence-electron chi connectivity index (χ2n) is 6.34. The van der Waals surface area contributed by atoms with Gasteiger partial charge in [0.05, 0.1) is 0 Å². The van der Waals surface area contributed by atoms with E-state index >= 15 is 0 Å². The Morgan fingerprint density at radius 1 is 1.23 bits per heavy atom. The third-order valence-corrected chi connectivity index (χ3v) is 4.88. The molecule has 2 atom stereocenters. The number of likely N-dealkylation sites (N-methyl/N-ethyl adjacent to an activating group) is 1. The van der Waals surface area contributed by atoms with Crippen LogP contribution >= 0.6 is 0 Å². The molecule has 0 aromatic heterocycles. The Bertz CT molecular complexity index is 578. The highest BCUT2D eigenvalue weighted by Gasteiger charge is 2.45. The van der Waals surface area contributed by atoms with Crippen molar-refractivity contribution in [3.05, 3.63) is 48.6 Å². The van der Waals surface area contributed by atoms with Crippen molar-refractivity contribution in [2.75, 3.05) is 7.05 Å². The van der Waals surface area contributed by atoms with Crippen molar-refractivity contribution in [1.82, 2.24) is 10.2 Å². The van der Waals surface area contributed by atoms with Crippen LogP contribution in [0.25, 0.3) is 0 Å². The molecular formula is C18H22N2O2. The molecule has 1 aromatic rings. The number of nitrogens with zero attached hydrogens (tertiary/aromatic N) is 1. The number of carbonyl (C=O) groups is 2. The van der Waals surface area contributed by atoms with Gasteiger partial charge in [-0.1, -0.05) is 36.9 Å². The number of hydrogen-bond donors (Lipinski definition) is 1. The summed E-state index contributed by atoms with van der Waals surface area (Å²) in [5.41, 5.74) is 1.26. The molecule has 0 heterocycles. The Kier molecular flexibility index (Phi) is 4.01. The number of benzene rings is 1. The predicted octanol–water partition coefficient (Wildman–Crippen LogP) is 2.08. The molecule has 2 amide bonds. The summed E-state index contributed by atoms with van der Waals surface area (Å²) in [6, 6.07) is 10.6. The van der Waals surface area contributed by atoms with Gasteiger partial charge in [-0.15, -0.1) is 0 Å². The van der Waals surface area contributed by atoms with Crippen LogP contribution in [0.1, 0.15) is 30.7 Å². The Hall–Kier alpha value is -2.10.